The quantitative estimate of drug-likeness (QED) is 0.149. The molecule has 2 aromatic heterocycles. The Morgan fingerprint density at radius 2 is 0.915 bits per heavy atom. The largest absolute Gasteiger partial charge is 1.00 e. The van der Waals surface area contributed by atoms with Crippen molar-refractivity contribution in [1.82, 2.24) is 28.9 Å². The predicted molar refractivity (Wildman–Crippen MR) is 275 cm³/mol. The number of hydrogen-bond acceptors (Lipinski definition) is 12. The molecule has 0 spiro atoms. The molecule has 2 aromatic carbocycles. The fourth-order valence-electron chi connectivity index (χ4n) is 13.0. The number of carbonyl (C=O) groups is 2. The number of esters is 1. The van der Waals surface area contributed by atoms with E-state index in [1.54, 1.807) is 0 Å². The number of ether oxygens (including phenoxy) is 1. The van der Waals surface area contributed by atoms with Crippen LogP contribution in [0.3, 0.4) is 0 Å². The number of para-hydroxylation sites is 4. The van der Waals surface area contributed by atoms with Crippen LogP contribution < -0.4 is 50.5 Å². The van der Waals surface area contributed by atoms with Gasteiger partial charge in [0.2, 0.25) is 0 Å². The van der Waals surface area contributed by atoms with E-state index < -0.39 is 5.97 Å². The number of methoxy groups -OCH3 is 1. The van der Waals surface area contributed by atoms with Crippen LogP contribution in [0.4, 0.5) is 11.6 Å². The molecule has 2 N–H and O–H groups in total. The van der Waals surface area contributed by atoms with Crippen molar-refractivity contribution >= 4 is 45.6 Å². The number of piperidine rings is 2. The molecule has 0 bridgehead atoms. The second kappa shape index (κ2) is 26.4. The van der Waals surface area contributed by atoms with Crippen LogP contribution in [0.15, 0.2) is 58.1 Å². The zero-order valence-electron chi connectivity index (χ0n) is 42.8. The Bertz CT molecular complexity index is 2470. The van der Waals surface area contributed by atoms with E-state index in [0.717, 1.165) is 93.3 Å². The molecule has 6 heterocycles. The summed E-state index contributed by atoms with van der Waals surface area (Å²) in [6.45, 7) is 6.96. The van der Waals surface area contributed by atoms with Crippen molar-refractivity contribution in [3.63, 3.8) is 0 Å². The van der Waals surface area contributed by atoms with Gasteiger partial charge >= 0.3 is 41.5 Å². The number of anilines is 2. The van der Waals surface area contributed by atoms with E-state index in [1.165, 1.54) is 97.0 Å². The molecule has 2 unspecified atom stereocenters. The zero-order chi connectivity index (χ0) is 47.7. The molecule has 4 aromatic rings. The van der Waals surface area contributed by atoms with Gasteiger partial charge in [0.1, 0.15) is 0 Å². The van der Waals surface area contributed by atoms with Gasteiger partial charge in [-0.2, -0.15) is 0 Å². The van der Waals surface area contributed by atoms with Gasteiger partial charge in [0.25, 0.3) is 11.1 Å². The average Bonchev–Trinajstić information content (AvgIpc) is 4.01. The van der Waals surface area contributed by atoms with E-state index in [4.69, 9.17) is 14.7 Å². The summed E-state index contributed by atoms with van der Waals surface area (Å²) in [4.78, 5) is 69.7. The fourth-order valence-corrected chi connectivity index (χ4v) is 13.0. The molecule has 382 valence electrons. The molecular formula is C55H79N8NaO7. The van der Waals surface area contributed by atoms with Crippen LogP contribution in [0.2, 0.25) is 0 Å². The van der Waals surface area contributed by atoms with Gasteiger partial charge in [-0.05, 0) is 100 Å². The number of aliphatic carboxylic acids is 1. The molecule has 6 fully saturated rings. The average molecular weight is 987 g/mol. The van der Waals surface area contributed by atoms with E-state index in [2.05, 4.69) is 14.7 Å². The molecule has 4 saturated heterocycles. The summed E-state index contributed by atoms with van der Waals surface area (Å²) in [6, 6.07) is 17.8. The van der Waals surface area contributed by atoms with E-state index in [0.29, 0.717) is 49.8 Å². The Morgan fingerprint density at radius 3 is 1.31 bits per heavy atom. The van der Waals surface area contributed by atoms with Gasteiger partial charge in [0, 0.05) is 82.9 Å². The third kappa shape index (κ3) is 13.5. The summed E-state index contributed by atoms with van der Waals surface area (Å²) in [5, 5.41) is 9.18. The van der Waals surface area contributed by atoms with Gasteiger partial charge in [-0.1, -0.05) is 88.5 Å². The minimum Gasteiger partial charge on any atom is -0.870 e. The summed E-state index contributed by atoms with van der Waals surface area (Å²) in [5.74, 6) is 0.359. The Hall–Kier alpha value is -3.86. The smallest absolute Gasteiger partial charge is 0.870 e. The van der Waals surface area contributed by atoms with E-state index >= 15 is 0 Å². The summed E-state index contributed by atoms with van der Waals surface area (Å²) < 4.78 is 8.91. The van der Waals surface area contributed by atoms with Crippen LogP contribution in [-0.4, -0.2) is 123 Å². The molecule has 6 aliphatic rings. The van der Waals surface area contributed by atoms with Crippen molar-refractivity contribution < 1.29 is 54.5 Å². The maximum absolute atomic E-state index is 13.9. The molecular weight excluding hydrogens is 908 g/mol. The van der Waals surface area contributed by atoms with Crippen molar-refractivity contribution in [1.29, 1.82) is 0 Å². The Morgan fingerprint density at radius 1 is 0.535 bits per heavy atom. The van der Waals surface area contributed by atoms with Crippen molar-refractivity contribution in [2.75, 3.05) is 69.3 Å². The van der Waals surface area contributed by atoms with Gasteiger partial charge in [0.05, 0.1) is 35.6 Å². The number of benzene rings is 2. The molecule has 2 aliphatic carbocycles. The van der Waals surface area contributed by atoms with Crippen molar-refractivity contribution in [2.45, 2.75) is 165 Å². The van der Waals surface area contributed by atoms with E-state index in [-0.39, 0.29) is 82.5 Å². The minimum absolute atomic E-state index is 0. The molecule has 71 heavy (non-hydrogen) atoms. The third-order valence-electron chi connectivity index (χ3n) is 16.8. The van der Waals surface area contributed by atoms with Crippen LogP contribution in [0.25, 0.3) is 22.1 Å². The number of rotatable bonds is 10. The maximum atomic E-state index is 13.9. The van der Waals surface area contributed by atoms with Gasteiger partial charge in [-0.15, -0.1) is 0 Å². The third-order valence-corrected chi connectivity index (χ3v) is 16.8. The molecule has 0 amide bonds. The van der Waals surface area contributed by atoms with Crippen LogP contribution in [-0.2, 0) is 14.3 Å². The molecule has 15 nitrogen and oxygen atoms in total. The molecule has 2 saturated carbocycles. The normalized spacial score (nSPS) is 22.9. The van der Waals surface area contributed by atoms with Crippen molar-refractivity contribution in [3.8, 4) is 0 Å². The second-order valence-electron chi connectivity index (χ2n) is 21.3. The summed E-state index contributed by atoms with van der Waals surface area (Å²) in [6.07, 6.45) is 25.2. The van der Waals surface area contributed by atoms with Crippen LogP contribution >= 0.6 is 0 Å². The number of carboxylic acid groups (broad SMARTS) is 1. The molecule has 10 rings (SSSR count). The summed E-state index contributed by atoms with van der Waals surface area (Å²) in [7, 11) is 1.43. The number of carbonyl (C=O) groups excluding carboxylic acids is 1. The molecule has 0 radical (unpaired) electrons. The number of aromatic nitrogens is 4. The number of fused-ring (bicyclic) bond motifs is 2. The summed E-state index contributed by atoms with van der Waals surface area (Å²) in [5.41, 5.74) is 3.59. The molecule has 2 atom stereocenters. The first-order valence-corrected chi connectivity index (χ1v) is 27.0. The Kier molecular flexibility index (Phi) is 20.4. The van der Waals surface area contributed by atoms with Crippen molar-refractivity contribution in [2.24, 2.45) is 11.8 Å². The predicted octanol–water partition coefficient (Wildman–Crippen LogP) is 5.81. The fraction of sp³-hybridized carbons (Fsp3) is 0.673. The van der Waals surface area contributed by atoms with Gasteiger partial charge in [0.15, 0.2) is 11.6 Å². The molecule has 4 aliphatic heterocycles. The number of nitrogens with zero attached hydrogens (tertiary/aromatic N) is 8. The topological polar surface area (TPSA) is 176 Å². The van der Waals surface area contributed by atoms with Crippen LogP contribution in [0.5, 0.6) is 0 Å². The van der Waals surface area contributed by atoms with E-state index in [1.807, 2.05) is 62.6 Å². The monoisotopic (exact) mass is 987 g/mol. The maximum Gasteiger partial charge on any atom is 1.00 e. The second-order valence-corrected chi connectivity index (χ2v) is 21.3. The number of carboxylic acids is 1. The SMILES string of the molecule is COC(=O)CC1CCN(c2nc3ccccc3n(C3CCN(C4CCCCCCC4)CC3)c2=O)C1.O=C(O)CC1CCN(c2nc3ccccc3n(C3CCN(C4CCCCCCC4)CC3)c2=O)C1.[Na+].[OH-]. The van der Waals surface area contributed by atoms with Gasteiger partial charge in [-0.3, -0.25) is 19.2 Å². The first-order chi connectivity index (χ1) is 33.7. The van der Waals surface area contributed by atoms with Crippen LogP contribution in [0, 0.1) is 11.8 Å². The molecule has 16 heteroatoms. The number of hydrogen-bond donors (Lipinski definition) is 1. The first-order valence-electron chi connectivity index (χ1n) is 27.0. The van der Waals surface area contributed by atoms with Gasteiger partial charge < -0.3 is 44.1 Å². The Labute approximate surface area is 442 Å². The van der Waals surface area contributed by atoms with Gasteiger partial charge in [-0.25, -0.2) is 9.97 Å². The van der Waals surface area contributed by atoms with Crippen molar-refractivity contribution in [3.05, 3.63) is 69.2 Å². The first kappa shape index (κ1) is 54.9. The number of likely N-dealkylation sites (tertiary alicyclic amines) is 2. The standard InChI is InChI=1S/C28H40N4O3.C27H38N4O3.Na.H2O/c1-35-26(33)19-21-13-16-31(20-21)27-28(34)32(25-12-8-7-11-24(25)29-27)23-14-17-30(18-15-23)22-9-5-3-2-4-6-10-22;32-25(33)18-20-12-15-30(19-20)26-27(34)31(24-11-7-6-10-23(24)28-26)22-13-16-29(17-14-22)21-8-4-2-1-3-5-9-21;;/h7-8,11-12,21-23H,2-6,9-10,13-20H2,1H3;6-7,10-11,20-22H,1-5,8-9,12-19H2,(H,32,33);;1H2/q;;+1;/p-1. The zero-order valence-corrected chi connectivity index (χ0v) is 44.8. The van der Waals surface area contributed by atoms with Crippen LogP contribution in [0.1, 0.15) is 153 Å². The minimum atomic E-state index is -0.771. The summed E-state index contributed by atoms with van der Waals surface area (Å²) >= 11 is 0. The Balaban J connectivity index is 0.000000203. The van der Waals surface area contributed by atoms with E-state index in [9.17, 15) is 24.3 Å².